The highest BCUT2D eigenvalue weighted by atomic mass is 35.5. The molecule has 1 N–H and O–H groups in total. The maximum atomic E-state index is 12.4. The minimum absolute atomic E-state index is 0.211. The maximum Gasteiger partial charge on any atom is 0.244 e. The van der Waals surface area contributed by atoms with Crippen LogP contribution in [0, 0.1) is 6.92 Å². The second-order valence-electron chi connectivity index (χ2n) is 7.77. The summed E-state index contributed by atoms with van der Waals surface area (Å²) in [5.74, 6) is 1.89. The number of halogens is 1. The molecule has 8 heteroatoms. The molecule has 0 unspecified atom stereocenters. The minimum Gasteiger partial charge on any atom is -0.497 e. The molecule has 0 bridgehead atoms. The molecule has 1 aromatic heterocycles. The molecule has 0 saturated carbocycles. The van der Waals surface area contributed by atoms with E-state index in [4.69, 9.17) is 16.3 Å². The van der Waals surface area contributed by atoms with Crippen molar-refractivity contribution >= 4 is 35.3 Å². The number of methoxy groups -OCH3 is 1. The van der Waals surface area contributed by atoms with Gasteiger partial charge in [-0.3, -0.25) is 9.36 Å². The fourth-order valence-corrected chi connectivity index (χ4v) is 4.52. The number of carbonyl (C=O) groups excluding carboxylic acids is 1. The summed E-state index contributed by atoms with van der Waals surface area (Å²) in [6, 6.07) is 23.3. The third-order valence-electron chi connectivity index (χ3n) is 5.26. The Labute approximate surface area is 214 Å². The number of hydrogen-bond acceptors (Lipinski definition) is 5. The summed E-state index contributed by atoms with van der Waals surface area (Å²) >= 11 is 7.87. The highest BCUT2D eigenvalue weighted by Crippen LogP contribution is 2.29. The quantitative estimate of drug-likeness (QED) is 0.228. The number of aromatic nitrogens is 3. The molecule has 0 fully saturated rings. The molecule has 1 amide bonds. The maximum absolute atomic E-state index is 12.4. The third-order valence-corrected chi connectivity index (χ3v) is 6.50. The monoisotopic (exact) mass is 504 g/mol. The first-order chi connectivity index (χ1) is 17.0. The van der Waals surface area contributed by atoms with Gasteiger partial charge in [-0.1, -0.05) is 71.9 Å². The van der Waals surface area contributed by atoms with Gasteiger partial charge in [-0.05, 0) is 54.0 Å². The Bertz CT molecular complexity index is 1340. The Kier molecular flexibility index (Phi) is 8.23. The smallest absolute Gasteiger partial charge is 0.244 e. The van der Waals surface area contributed by atoms with E-state index in [1.54, 1.807) is 24.9 Å². The van der Waals surface area contributed by atoms with Crippen molar-refractivity contribution in [2.75, 3.05) is 7.11 Å². The fourth-order valence-electron chi connectivity index (χ4n) is 3.44. The average Bonchev–Trinajstić information content (AvgIpc) is 3.29. The molecule has 6 nitrogen and oxygen atoms in total. The van der Waals surface area contributed by atoms with Crippen molar-refractivity contribution in [1.82, 2.24) is 20.1 Å². The second-order valence-corrected chi connectivity index (χ2v) is 9.15. The minimum atomic E-state index is -0.211. The lowest BCUT2D eigenvalue weighted by atomic mass is 10.2. The molecular formula is C27H25ClN4O2S. The Morgan fingerprint density at radius 1 is 1.09 bits per heavy atom. The van der Waals surface area contributed by atoms with Crippen molar-refractivity contribution in [1.29, 1.82) is 0 Å². The lowest BCUT2D eigenvalue weighted by Gasteiger charge is -2.13. The summed E-state index contributed by atoms with van der Waals surface area (Å²) in [6.07, 6.45) is 3.29. The summed E-state index contributed by atoms with van der Waals surface area (Å²) < 4.78 is 7.28. The van der Waals surface area contributed by atoms with Gasteiger partial charge in [-0.15, -0.1) is 10.2 Å². The van der Waals surface area contributed by atoms with Gasteiger partial charge in [0.25, 0.3) is 0 Å². The van der Waals surface area contributed by atoms with Crippen LogP contribution in [-0.4, -0.2) is 27.8 Å². The highest BCUT2D eigenvalue weighted by molar-refractivity contribution is 7.98. The molecule has 0 atom stereocenters. The van der Waals surface area contributed by atoms with Crippen LogP contribution in [0.4, 0.5) is 0 Å². The molecule has 4 aromatic rings. The molecule has 0 aliphatic heterocycles. The summed E-state index contributed by atoms with van der Waals surface area (Å²) in [4.78, 5) is 12.4. The van der Waals surface area contributed by atoms with Crippen molar-refractivity contribution in [3.63, 3.8) is 0 Å². The summed E-state index contributed by atoms with van der Waals surface area (Å²) in [5.41, 5.74) is 3.96. The van der Waals surface area contributed by atoms with Gasteiger partial charge in [0.05, 0.1) is 19.3 Å². The lowest BCUT2D eigenvalue weighted by molar-refractivity contribution is -0.116. The van der Waals surface area contributed by atoms with Crippen molar-refractivity contribution in [3.8, 4) is 11.4 Å². The second kappa shape index (κ2) is 11.7. The topological polar surface area (TPSA) is 69.0 Å². The average molecular weight is 505 g/mol. The Hall–Kier alpha value is -3.55. The summed E-state index contributed by atoms with van der Waals surface area (Å²) in [5, 5.41) is 13.0. The van der Waals surface area contributed by atoms with Gasteiger partial charge in [0.2, 0.25) is 5.91 Å². The van der Waals surface area contributed by atoms with E-state index < -0.39 is 0 Å². The van der Waals surface area contributed by atoms with Gasteiger partial charge in [-0.25, -0.2) is 0 Å². The van der Waals surface area contributed by atoms with Gasteiger partial charge in [-0.2, -0.15) is 0 Å². The van der Waals surface area contributed by atoms with E-state index in [0.29, 0.717) is 21.8 Å². The van der Waals surface area contributed by atoms with E-state index >= 15 is 0 Å². The lowest BCUT2D eigenvalue weighted by Crippen LogP contribution is -2.22. The molecule has 0 radical (unpaired) electrons. The Morgan fingerprint density at radius 3 is 2.71 bits per heavy atom. The van der Waals surface area contributed by atoms with E-state index in [9.17, 15) is 4.79 Å². The highest BCUT2D eigenvalue weighted by Gasteiger charge is 2.17. The number of nitrogens with one attached hydrogen (secondary N) is 1. The number of benzene rings is 3. The molecule has 3 aromatic carbocycles. The number of carbonyl (C=O) groups is 1. The first-order valence-electron chi connectivity index (χ1n) is 11.0. The standard InChI is InChI=1S/C27H25ClN4O2S/c1-19-11-13-22(28)16-24(19)32-25(17-29-26(33)14-12-20-7-4-3-5-8-20)30-31-27(32)35-18-21-9-6-10-23(15-21)34-2/h3-16H,17-18H2,1-2H3,(H,29,33). The van der Waals surface area contributed by atoms with Gasteiger partial charge in [0, 0.05) is 16.9 Å². The van der Waals surface area contributed by atoms with Crippen LogP contribution in [0.25, 0.3) is 11.8 Å². The van der Waals surface area contributed by atoms with Crippen LogP contribution in [0.1, 0.15) is 22.5 Å². The molecule has 35 heavy (non-hydrogen) atoms. The number of nitrogens with zero attached hydrogens (tertiary/aromatic N) is 3. The molecule has 178 valence electrons. The van der Waals surface area contributed by atoms with Crippen molar-refractivity contribution < 1.29 is 9.53 Å². The van der Waals surface area contributed by atoms with Crippen molar-refractivity contribution in [2.24, 2.45) is 0 Å². The van der Waals surface area contributed by atoms with Crippen LogP contribution >= 0.6 is 23.4 Å². The van der Waals surface area contributed by atoms with Gasteiger partial charge in [0.15, 0.2) is 11.0 Å². The number of aryl methyl sites for hydroxylation is 1. The van der Waals surface area contributed by atoms with E-state index in [1.807, 2.05) is 84.3 Å². The number of rotatable bonds is 9. The zero-order chi connectivity index (χ0) is 24.6. The molecule has 0 aliphatic rings. The van der Waals surface area contributed by atoms with Crippen LogP contribution < -0.4 is 10.1 Å². The predicted octanol–water partition coefficient (Wildman–Crippen LogP) is 5.86. The van der Waals surface area contributed by atoms with Gasteiger partial charge < -0.3 is 10.1 Å². The molecule has 0 spiro atoms. The first-order valence-corrected chi connectivity index (χ1v) is 12.4. The van der Waals surface area contributed by atoms with E-state index in [0.717, 1.165) is 28.1 Å². The number of amides is 1. The first kappa shape index (κ1) is 24.6. The van der Waals surface area contributed by atoms with Crippen LogP contribution in [0.5, 0.6) is 5.75 Å². The summed E-state index contributed by atoms with van der Waals surface area (Å²) in [6.45, 7) is 2.23. The number of ether oxygens (including phenoxy) is 1. The normalized spacial score (nSPS) is 11.1. The van der Waals surface area contributed by atoms with Gasteiger partial charge in [0.1, 0.15) is 5.75 Å². The molecule has 0 saturated heterocycles. The molecule has 1 heterocycles. The van der Waals surface area contributed by atoms with Crippen LogP contribution in [0.2, 0.25) is 5.02 Å². The van der Waals surface area contributed by atoms with Crippen molar-refractivity contribution in [3.05, 3.63) is 106 Å². The van der Waals surface area contributed by atoms with Crippen molar-refractivity contribution in [2.45, 2.75) is 24.4 Å². The zero-order valence-electron chi connectivity index (χ0n) is 19.4. The molecular weight excluding hydrogens is 480 g/mol. The van der Waals surface area contributed by atoms with E-state index in [-0.39, 0.29) is 12.5 Å². The molecule has 0 aliphatic carbocycles. The van der Waals surface area contributed by atoms with Crippen LogP contribution in [-0.2, 0) is 17.1 Å². The predicted molar refractivity (Wildman–Crippen MR) is 141 cm³/mol. The van der Waals surface area contributed by atoms with Crippen LogP contribution in [0.15, 0.2) is 84.0 Å². The zero-order valence-corrected chi connectivity index (χ0v) is 21.0. The largest absolute Gasteiger partial charge is 0.497 e. The van der Waals surface area contributed by atoms with E-state index in [1.165, 1.54) is 6.08 Å². The fraction of sp³-hybridized carbons (Fsp3) is 0.148. The van der Waals surface area contributed by atoms with E-state index in [2.05, 4.69) is 15.5 Å². The Balaban J connectivity index is 1.55. The van der Waals surface area contributed by atoms with Gasteiger partial charge >= 0.3 is 0 Å². The van der Waals surface area contributed by atoms with Crippen LogP contribution in [0.3, 0.4) is 0 Å². The third kappa shape index (κ3) is 6.53. The number of thioether (sulfide) groups is 1. The number of hydrogen-bond donors (Lipinski definition) is 1. The summed E-state index contributed by atoms with van der Waals surface area (Å²) in [7, 11) is 1.65. The Morgan fingerprint density at radius 2 is 1.91 bits per heavy atom. The SMILES string of the molecule is COc1cccc(CSc2nnc(CNC(=O)C=Cc3ccccc3)n2-c2cc(Cl)ccc2C)c1. The molecule has 4 rings (SSSR count).